The number of rotatable bonds is 17. The van der Waals surface area contributed by atoms with E-state index in [0.717, 1.165) is 16.5 Å². The van der Waals surface area contributed by atoms with Crippen molar-refractivity contribution in [1.29, 1.82) is 0 Å². The van der Waals surface area contributed by atoms with Gasteiger partial charge in [0.1, 0.15) is 18.1 Å². The molecule has 1 heterocycles. The van der Waals surface area contributed by atoms with Gasteiger partial charge in [-0.15, -0.1) is 0 Å². The first kappa shape index (κ1) is 32.6. The van der Waals surface area contributed by atoms with E-state index in [1.54, 1.807) is 6.20 Å². The van der Waals surface area contributed by atoms with Gasteiger partial charge in [0.2, 0.25) is 23.6 Å². The highest BCUT2D eigenvalue weighted by atomic mass is 32.2. The molecule has 2 aromatic rings. The number of nitrogens with two attached hydrogens (primary N) is 2. The predicted octanol–water partition coefficient (Wildman–Crippen LogP) is 0.641. The number of hydrogen-bond acceptors (Lipinski definition) is 7. The molecule has 1 aromatic heterocycles. The number of aromatic nitrogens is 1. The number of H-pyrrole nitrogens is 1. The minimum atomic E-state index is -1.17. The van der Waals surface area contributed by atoms with Crippen molar-refractivity contribution >= 4 is 52.3 Å². The molecule has 0 saturated heterocycles. The van der Waals surface area contributed by atoms with Gasteiger partial charge in [0.25, 0.3) is 0 Å². The molecule has 4 amide bonds. The van der Waals surface area contributed by atoms with E-state index in [2.05, 4.69) is 20.9 Å². The van der Waals surface area contributed by atoms with E-state index in [4.69, 9.17) is 11.5 Å². The highest BCUT2D eigenvalue weighted by molar-refractivity contribution is 7.98. The molecule has 0 saturated carbocycles. The monoisotopic (exact) mass is 576 g/mol. The normalized spacial score (nSPS) is 14.2. The van der Waals surface area contributed by atoms with Crippen LogP contribution < -0.4 is 27.4 Å². The van der Waals surface area contributed by atoms with Crippen molar-refractivity contribution in [1.82, 2.24) is 20.9 Å². The smallest absolute Gasteiger partial charge is 0.326 e. The molecule has 220 valence electrons. The number of amides is 4. The van der Waals surface area contributed by atoms with Gasteiger partial charge in [-0.25, -0.2) is 4.79 Å². The van der Waals surface area contributed by atoms with Crippen LogP contribution >= 0.6 is 11.8 Å². The molecule has 13 heteroatoms. The number of primary amides is 1. The van der Waals surface area contributed by atoms with Crippen molar-refractivity contribution in [3.63, 3.8) is 0 Å². The van der Waals surface area contributed by atoms with Crippen molar-refractivity contribution in [3.05, 3.63) is 36.0 Å². The lowest BCUT2D eigenvalue weighted by Gasteiger charge is -2.26. The van der Waals surface area contributed by atoms with E-state index in [0.29, 0.717) is 5.75 Å². The Hall–Kier alpha value is -3.58. The summed E-state index contributed by atoms with van der Waals surface area (Å²) < 4.78 is 0. The van der Waals surface area contributed by atoms with E-state index in [9.17, 15) is 29.1 Å². The van der Waals surface area contributed by atoms with Gasteiger partial charge in [-0.2, -0.15) is 11.8 Å². The number of thioether (sulfide) groups is 1. The van der Waals surface area contributed by atoms with Gasteiger partial charge in [-0.05, 0) is 48.8 Å². The summed E-state index contributed by atoms with van der Waals surface area (Å²) in [7, 11) is 0. The van der Waals surface area contributed by atoms with E-state index >= 15 is 0 Å². The lowest BCUT2D eigenvalue weighted by molar-refractivity contribution is -0.142. The number of aromatic amines is 1. The zero-order chi connectivity index (χ0) is 29.8. The SMILES string of the molecule is CSCCC(NC(=O)C(Cc1c[nH]c2ccccc12)NC(=O)C(CC(C)C)NC(=O)C(N)CCC(N)=O)C(=O)O. The average Bonchev–Trinajstić information content (AvgIpc) is 3.30. The number of hydrogen-bond donors (Lipinski definition) is 7. The predicted molar refractivity (Wildman–Crippen MR) is 154 cm³/mol. The van der Waals surface area contributed by atoms with Gasteiger partial charge in [0.15, 0.2) is 0 Å². The van der Waals surface area contributed by atoms with Gasteiger partial charge in [0, 0.05) is 29.9 Å². The van der Waals surface area contributed by atoms with Crippen LogP contribution in [-0.4, -0.2) is 75.9 Å². The van der Waals surface area contributed by atoms with Crippen LogP contribution in [0.1, 0.15) is 45.1 Å². The minimum Gasteiger partial charge on any atom is -0.480 e. The Morgan fingerprint density at radius 1 is 0.950 bits per heavy atom. The fourth-order valence-corrected chi connectivity index (χ4v) is 4.65. The van der Waals surface area contributed by atoms with Crippen LogP contribution in [0.15, 0.2) is 30.5 Å². The second-order valence-electron chi connectivity index (χ2n) is 10.1. The molecule has 0 bridgehead atoms. The number of carboxylic acid groups (broad SMARTS) is 1. The van der Waals surface area contributed by atoms with Gasteiger partial charge >= 0.3 is 5.97 Å². The van der Waals surface area contributed by atoms with Gasteiger partial charge in [-0.1, -0.05) is 32.0 Å². The molecule has 40 heavy (non-hydrogen) atoms. The van der Waals surface area contributed by atoms with Crippen molar-refractivity contribution in [2.45, 2.75) is 70.1 Å². The topological polar surface area (TPSA) is 210 Å². The lowest BCUT2D eigenvalue weighted by atomic mass is 10.00. The van der Waals surface area contributed by atoms with E-state index in [-0.39, 0.29) is 38.0 Å². The first-order valence-corrected chi connectivity index (χ1v) is 14.5. The standard InChI is InChI=1S/C27H40N6O6S/c1-15(2)12-21(32-24(35)18(28)8-9-23(29)34)25(36)33-22(26(37)31-20(27(38)39)10-11-40-3)13-16-14-30-19-7-5-4-6-17(16)19/h4-7,14-15,18,20-22,30H,8-13,28H2,1-3H3,(H2,29,34)(H,31,37)(H,32,35)(H,33,36)(H,38,39). The van der Waals surface area contributed by atoms with Crippen LogP contribution in [0.5, 0.6) is 0 Å². The molecule has 0 aliphatic rings. The van der Waals surface area contributed by atoms with Crippen molar-refractivity contribution in [2.75, 3.05) is 12.0 Å². The molecule has 0 fully saturated rings. The summed E-state index contributed by atoms with van der Waals surface area (Å²) in [6.45, 7) is 3.75. The number of nitrogens with one attached hydrogen (secondary N) is 4. The molecule has 4 atom stereocenters. The van der Waals surface area contributed by atoms with Crippen LogP contribution in [0.25, 0.3) is 10.9 Å². The molecule has 0 spiro atoms. The number of carbonyl (C=O) groups excluding carboxylic acids is 4. The molecule has 0 aliphatic carbocycles. The largest absolute Gasteiger partial charge is 0.480 e. The Kier molecular flexibility index (Phi) is 12.9. The first-order chi connectivity index (χ1) is 18.9. The number of aliphatic carboxylic acids is 1. The second kappa shape index (κ2) is 15.9. The molecule has 1 aromatic carbocycles. The Labute approximate surface area is 237 Å². The van der Waals surface area contributed by atoms with Crippen LogP contribution in [0.3, 0.4) is 0 Å². The third-order valence-corrected chi connectivity index (χ3v) is 6.98. The van der Waals surface area contributed by atoms with Crippen molar-refractivity contribution < 1.29 is 29.1 Å². The summed E-state index contributed by atoms with van der Waals surface area (Å²) in [5, 5.41) is 18.4. The molecule has 4 unspecified atom stereocenters. The van der Waals surface area contributed by atoms with Crippen LogP contribution in [0, 0.1) is 5.92 Å². The summed E-state index contributed by atoms with van der Waals surface area (Å²) in [6.07, 6.45) is 4.07. The quantitative estimate of drug-likeness (QED) is 0.142. The average molecular weight is 577 g/mol. The molecule has 0 radical (unpaired) electrons. The number of carbonyl (C=O) groups is 5. The fraction of sp³-hybridized carbons (Fsp3) is 0.519. The number of benzene rings is 1. The molecule has 0 aliphatic heterocycles. The maximum absolute atomic E-state index is 13.5. The van der Waals surface area contributed by atoms with Gasteiger partial charge in [0.05, 0.1) is 6.04 Å². The van der Waals surface area contributed by atoms with E-state index in [1.807, 2.05) is 44.4 Å². The third kappa shape index (κ3) is 10.2. The van der Waals surface area contributed by atoms with Crippen LogP contribution in [-0.2, 0) is 30.4 Å². The zero-order valence-corrected chi connectivity index (χ0v) is 23.9. The summed E-state index contributed by atoms with van der Waals surface area (Å²) >= 11 is 1.46. The van der Waals surface area contributed by atoms with Crippen LogP contribution in [0.2, 0.25) is 0 Å². The number of fused-ring (bicyclic) bond motifs is 1. The maximum atomic E-state index is 13.5. The summed E-state index contributed by atoms with van der Waals surface area (Å²) in [4.78, 5) is 65.5. The number of para-hydroxylation sites is 1. The summed E-state index contributed by atoms with van der Waals surface area (Å²) in [5.74, 6) is -3.13. The third-order valence-electron chi connectivity index (χ3n) is 6.34. The van der Waals surface area contributed by atoms with Crippen molar-refractivity contribution in [2.24, 2.45) is 17.4 Å². The highest BCUT2D eigenvalue weighted by Gasteiger charge is 2.31. The summed E-state index contributed by atoms with van der Waals surface area (Å²) in [5.41, 5.74) is 12.6. The zero-order valence-electron chi connectivity index (χ0n) is 23.1. The molecule has 2 rings (SSSR count). The highest BCUT2D eigenvalue weighted by Crippen LogP contribution is 2.19. The van der Waals surface area contributed by atoms with Crippen LogP contribution in [0.4, 0.5) is 0 Å². The Morgan fingerprint density at radius 2 is 1.57 bits per heavy atom. The van der Waals surface area contributed by atoms with E-state index < -0.39 is 53.8 Å². The molecular weight excluding hydrogens is 536 g/mol. The molecular formula is C27H40N6O6S. The summed E-state index contributed by atoms with van der Waals surface area (Å²) in [6, 6.07) is 3.16. The second-order valence-corrected chi connectivity index (χ2v) is 11.1. The Bertz CT molecular complexity index is 1190. The lowest BCUT2D eigenvalue weighted by Crippen LogP contribution is -2.58. The van der Waals surface area contributed by atoms with Gasteiger partial charge in [-0.3, -0.25) is 19.2 Å². The maximum Gasteiger partial charge on any atom is 0.326 e. The fourth-order valence-electron chi connectivity index (χ4n) is 4.18. The Morgan fingerprint density at radius 3 is 2.20 bits per heavy atom. The molecule has 9 N–H and O–H groups in total. The first-order valence-electron chi connectivity index (χ1n) is 13.1. The molecule has 12 nitrogen and oxygen atoms in total. The van der Waals surface area contributed by atoms with Crippen molar-refractivity contribution in [3.8, 4) is 0 Å². The van der Waals surface area contributed by atoms with E-state index in [1.165, 1.54) is 11.8 Å². The number of carboxylic acids is 1. The minimum absolute atomic E-state index is 0.00160. The van der Waals surface area contributed by atoms with Gasteiger partial charge < -0.3 is 37.5 Å². The Balaban J connectivity index is 2.29.